The van der Waals surface area contributed by atoms with E-state index in [1.165, 1.54) is 6.07 Å². The van der Waals surface area contributed by atoms with E-state index in [1.807, 2.05) is 13.0 Å². The SMILES string of the molecule is CCC1(C)CNC(C)(C)CN1Cc1cc(-c2ccc(O)cc2F)nc2n[nH]c(C)c12. The number of hydrogen-bond acceptors (Lipinski definition) is 5. The quantitative estimate of drug-likeness (QED) is 0.602. The minimum Gasteiger partial charge on any atom is -0.508 e. The lowest BCUT2D eigenvalue weighted by Crippen LogP contribution is -2.66. The van der Waals surface area contributed by atoms with Crippen LogP contribution < -0.4 is 5.32 Å². The first-order chi connectivity index (χ1) is 14.1. The molecule has 0 bridgehead atoms. The van der Waals surface area contributed by atoms with Gasteiger partial charge in [-0.1, -0.05) is 6.92 Å². The number of aromatic hydroxyl groups is 1. The minimum atomic E-state index is -0.498. The number of rotatable bonds is 4. The van der Waals surface area contributed by atoms with Crippen LogP contribution in [0.5, 0.6) is 5.75 Å². The third-order valence-corrected chi connectivity index (χ3v) is 6.44. The lowest BCUT2D eigenvalue weighted by atomic mass is 9.87. The van der Waals surface area contributed by atoms with Crippen molar-refractivity contribution >= 4 is 11.0 Å². The zero-order valence-corrected chi connectivity index (χ0v) is 18.3. The number of fused-ring (bicyclic) bond motifs is 1. The van der Waals surface area contributed by atoms with Crippen molar-refractivity contribution in [2.75, 3.05) is 13.1 Å². The highest BCUT2D eigenvalue weighted by Crippen LogP contribution is 2.33. The van der Waals surface area contributed by atoms with E-state index in [0.717, 1.165) is 48.8 Å². The molecule has 7 heteroatoms. The number of H-pyrrole nitrogens is 1. The highest BCUT2D eigenvalue weighted by molar-refractivity contribution is 5.84. The molecule has 1 aromatic carbocycles. The summed E-state index contributed by atoms with van der Waals surface area (Å²) in [5.74, 6) is -0.600. The molecule has 1 unspecified atom stereocenters. The Morgan fingerprint density at radius 3 is 2.70 bits per heavy atom. The number of aromatic amines is 1. The second-order valence-corrected chi connectivity index (χ2v) is 9.32. The molecule has 0 amide bonds. The lowest BCUT2D eigenvalue weighted by Gasteiger charge is -2.51. The zero-order chi connectivity index (χ0) is 21.7. The molecule has 1 fully saturated rings. The molecule has 0 saturated carbocycles. The summed E-state index contributed by atoms with van der Waals surface area (Å²) in [7, 11) is 0. The van der Waals surface area contributed by atoms with E-state index >= 15 is 0 Å². The number of aromatic nitrogens is 3. The first-order valence-electron chi connectivity index (χ1n) is 10.5. The van der Waals surface area contributed by atoms with E-state index in [0.29, 0.717) is 16.9 Å². The maximum absolute atomic E-state index is 14.6. The molecule has 3 heterocycles. The molecule has 4 rings (SSSR count). The van der Waals surface area contributed by atoms with Crippen molar-refractivity contribution < 1.29 is 9.50 Å². The van der Waals surface area contributed by atoms with Crippen LogP contribution in [0.3, 0.4) is 0 Å². The molecule has 1 aliphatic rings. The molecule has 3 N–H and O–H groups in total. The summed E-state index contributed by atoms with van der Waals surface area (Å²) in [5.41, 5.74) is 3.53. The number of piperazine rings is 1. The van der Waals surface area contributed by atoms with Crippen LogP contribution in [-0.4, -0.2) is 49.4 Å². The molecule has 160 valence electrons. The van der Waals surface area contributed by atoms with Crippen molar-refractivity contribution in [1.82, 2.24) is 25.4 Å². The van der Waals surface area contributed by atoms with Gasteiger partial charge in [-0.05, 0) is 57.9 Å². The summed E-state index contributed by atoms with van der Waals surface area (Å²) in [5, 5.41) is 21.6. The van der Waals surface area contributed by atoms with Gasteiger partial charge in [0.15, 0.2) is 5.65 Å². The Kier molecular flexibility index (Phi) is 5.06. The normalized spacial score (nSPS) is 21.9. The molecule has 1 atom stereocenters. The third kappa shape index (κ3) is 3.68. The van der Waals surface area contributed by atoms with Gasteiger partial charge in [-0.25, -0.2) is 9.37 Å². The Bertz CT molecular complexity index is 1090. The number of pyridine rings is 1. The zero-order valence-electron chi connectivity index (χ0n) is 18.3. The van der Waals surface area contributed by atoms with Crippen molar-refractivity contribution in [2.45, 2.75) is 58.7 Å². The summed E-state index contributed by atoms with van der Waals surface area (Å²) in [6.07, 6.45) is 1.02. The first-order valence-corrected chi connectivity index (χ1v) is 10.5. The monoisotopic (exact) mass is 411 g/mol. The molecule has 0 radical (unpaired) electrons. The number of phenols is 1. The average Bonchev–Trinajstić information content (AvgIpc) is 3.06. The Morgan fingerprint density at radius 2 is 2.00 bits per heavy atom. The molecule has 0 spiro atoms. The topological polar surface area (TPSA) is 77.1 Å². The van der Waals surface area contributed by atoms with E-state index in [2.05, 4.69) is 53.1 Å². The van der Waals surface area contributed by atoms with Crippen molar-refractivity contribution in [3.63, 3.8) is 0 Å². The van der Waals surface area contributed by atoms with E-state index in [-0.39, 0.29) is 16.8 Å². The van der Waals surface area contributed by atoms with Gasteiger partial charge in [0, 0.05) is 53.4 Å². The minimum absolute atomic E-state index is 0.0121. The van der Waals surface area contributed by atoms with Crippen molar-refractivity contribution in [1.29, 1.82) is 0 Å². The predicted molar refractivity (Wildman–Crippen MR) is 117 cm³/mol. The van der Waals surface area contributed by atoms with Crippen LogP contribution in [-0.2, 0) is 6.54 Å². The molecule has 1 aliphatic heterocycles. The smallest absolute Gasteiger partial charge is 0.182 e. The van der Waals surface area contributed by atoms with Crippen LogP contribution in [0.2, 0.25) is 0 Å². The van der Waals surface area contributed by atoms with Crippen LogP contribution >= 0.6 is 0 Å². The summed E-state index contributed by atoms with van der Waals surface area (Å²) < 4.78 is 14.6. The van der Waals surface area contributed by atoms with Crippen LogP contribution in [0, 0.1) is 12.7 Å². The van der Waals surface area contributed by atoms with Crippen molar-refractivity contribution in [2.24, 2.45) is 0 Å². The van der Waals surface area contributed by atoms with E-state index < -0.39 is 5.82 Å². The summed E-state index contributed by atoms with van der Waals surface area (Å²) >= 11 is 0. The maximum atomic E-state index is 14.6. The molecule has 30 heavy (non-hydrogen) atoms. The largest absolute Gasteiger partial charge is 0.508 e. The van der Waals surface area contributed by atoms with Gasteiger partial charge in [-0.15, -0.1) is 0 Å². The number of hydrogen-bond donors (Lipinski definition) is 3. The molecular weight excluding hydrogens is 381 g/mol. The van der Waals surface area contributed by atoms with Gasteiger partial charge in [-0.2, -0.15) is 5.10 Å². The first kappa shape index (κ1) is 20.8. The molecule has 1 saturated heterocycles. The maximum Gasteiger partial charge on any atom is 0.182 e. The fraction of sp³-hybridized carbons (Fsp3) is 0.478. The summed E-state index contributed by atoms with van der Waals surface area (Å²) in [6.45, 7) is 13.5. The summed E-state index contributed by atoms with van der Waals surface area (Å²) in [4.78, 5) is 7.12. The van der Waals surface area contributed by atoms with Gasteiger partial charge in [0.05, 0.1) is 5.69 Å². The number of benzene rings is 1. The van der Waals surface area contributed by atoms with Crippen molar-refractivity contribution in [3.8, 4) is 17.0 Å². The highest BCUT2D eigenvalue weighted by Gasteiger charge is 2.39. The Labute approximate surface area is 176 Å². The van der Waals surface area contributed by atoms with Gasteiger partial charge in [0.25, 0.3) is 0 Å². The fourth-order valence-corrected chi connectivity index (χ4v) is 4.31. The predicted octanol–water partition coefficient (Wildman–Crippen LogP) is 4.13. The Hall–Kier alpha value is -2.51. The second kappa shape index (κ2) is 7.32. The fourth-order valence-electron chi connectivity index (χ4n) is 4.31. The van der Waals surface area contributed by atoms with Crippen LogP contribution in [0.1, 0.15) is 45.4 Å². The molecule has 0 aliphatic carbocycles. The Balaban J connectivity index is 1.82. The number of nitrogens with one attached hydrogen (secondary N) is 2. The molecular formula is C23H30FN5O. The van der Waals surface area contributed by atoms with Crippen molar-refractivity contribution in [3.05, 3.63) is 41.3 Å². The second-order valence-electron chi connectivity index (χ2n) is 9.32. The third-order valence-electron chi connectivity index (χ3n) is 6.44. The summed E-state index contributed by atoms with van der Waals surface area (Å²) in [6, 6.07) is 6.12. The number of nitrogens with zero attached hydrogens (tertiary/aromatic N) is 3. The van der Waals surface area contributed by atoms with Crippen LogP contribution in [0.15, 0.2) is 24.3 Å². The number of halogens is 1. The standard InChI is InChI=1S/C23H30FN5O/c1-6-23(5)12-25-22(3,4)13-29(23)11-15-9-19(17-8-7-16(30)10-18(17)24)26-21-20(15)14(2)27-28-21/h7-10,25,30H,6,11-13H2,1-5H3,(H,26,27,28). The molecule has 2 aromatic heterocycles. The molecule has 6 nitrogen and oxygen atoms in total. The van der Waals surface area contributed by atoms with E-state index in [4.69, 9.17) is 0 Å². The van der Waals surface area contributed by atoms with Crippen LogP contribution in [0.25, 0.3) is 22.3 Å². The average molecular weight is 412 g/mol. The van der Waals surface area contributed by atoms with Crippen LogP contribution in [0.4, 0.5) is 4.39 Å². The van der Waals surface area contributed by atoms with Gasteiger partial charge in [-0.3, -0.25) is 10.00 Å². The number of aryl methyl sites for hydroxylation is 1. The lowest BCUT2D eigenvalue weighted by molar-refractivity contribution is 0.0178. The van der Waals surface area contributed by atoms with Gasteiger partial charge in [0.2, 0.25) is 0 Å². The Morgan fingerprint density at radius 1 is 1.23 bits per heavy atom. The van der Waals surface area contributed by atoms with E-state index in [9.17, 15) is 9.50 Å². The van der Waals surface area contributed by atoms with E-state index in [1.54, 1.807) is 6.07 Å². The van der Waals surface area contributed by atoms with Gasteiger partial charge in [0.1, 0.15) is 11.6 Å². The van der Waals surface area contributed by atoms with Gasteiger partial charge >= 0.3 is 0 Å². The number of phenolic OH excluding ortho intramolecular Hbond substituents is 1. The molecule has 3 aromatic rings. The van der Waals surface area contributed by atoms with Gasteiger partial charge < -0.3 is 10.4 Å². The highest BCUT2D eigenvalue weighted by atomic mass is 19.1.